The minimum atomic E-state index is 0.999. The molecular weight excluding hydrogens is 194 g/mol. The number of rotatable bonds is 8. The molecule has 0 aromatic heterocycles. The van der Waals surface area contributed by atoms with Crippen LogP contribution in [0.25, 0.3) is 0 Å². The van der Waals surface area contributed by atoms with Gasteiger partial charge in [-0.1, -0.05) is 45.5 Å². The molecule has 0 aliphatic heterocycles. The maximum atomic E-state index is 3.45. The minimum absolute atomic E-state index is 0.999. The van der Waals surface area contributed by atoms with Crippen molar-refractivity contribution in [3.63, 3.8) is 0 Å². The van der Waals surface area contributed by atoms with Crippen LogP contribution >= 0.6 is 0 Å². The maximum Gasteiger partial charge on any atom is 0.0173 e. The summed E-state index contributed by atoms with van der Waals surface area (Å²) >= 11 is 0. The van der Waals surface area contributed by atoms with E-state index in [1.165, 1.54) is 31.3 Å². The van der Waals surface area contributed by atoms with Crippen LogP contribution in [0.5, 0.6) is 0 Å². The first kappa shape index (κ1) is 15.3. The van der Waals surface area contributed by atoms with Crippen LogP contribution in [0.1, 0.15) is 59.3 Å². The largest absolute Gasteiger partial charge is 0.313 e. The second kappa shape index (κ2) is 12.3. The fourth-order valence-electron chi connectivity index (χ4n) is 1.32. The molecule has 0 aliphatic carbocycles. The van der Waals surface area contributed by atoms with E-state index in [2.05, 4.69) is 44.0 Å². The number of unbranched alkanes of at least 4 members (excludes halogenated alkanes) is 3. The van der Waals surface area contributed by atoms with Crippen molar-refractivity contribution in [3.05, 3.63) is 11.6 Å². The first-order chi connectivity index (χ1) is 7.85. The lowest BCUT2D eigenvalue weighted by atomic mass is 10.2. The molecule has 1 nitrogen and oxygen atoms in total. The lowest BCUT2D eigenvalue weighted by Crippen LogP contribution is -2.17. The molecule has 16 heavy (non-hydrogen) atoms. The molecule has 0 fully saturated rings. The topological polar surface area (TPSA) is 12.0 Å². The van der Waals surface area contributed by atoms with Gasteiger partial charge in [0.2, 0.25) is 0 Å². The van der Waals surface area contributed by atoms with Crippen molar-refractivity contribution in [3.8, 4) is 11.8 Å². The summed E-state index contributed by atoms with van der Waals surface area (Å²) in [6.45, 7) is 8.74. The van der Waals surface area contributed by atoms with Gasteiger partial charge in [-0.2, -0.15) is 0 Å². The van der Waals surface area contributed by atoms with Crippen molar-refractivity contribution in [2.24, 2.45) is 0 Å². The first-order valence-electron chi connectivity index (χ1n) is 6.72. The van der Waals surface area contributed by atoms with E-state index >= 15 is 0 Å². The van der Waals surface area contributed by atoms with E-state index in [4.69, 9.17) is 0 Å². The van der Waals surface area contributed by atoms with Crippen LogP contribution in [-0.4, -0.2) is 13.1 Å². The van der Waals surface area contributed by atoms with Gasteiger partial charge in [-0.25, -0.2) is 0 Å². The second-order valence-electron chi connectivity index (χ2n) is 4.11. The average Bonchev–Trinajstić information content (AvgIpc) is 2.31. The molecule has 0 aromatic carbocycles. The van der Waals surface area contributed by atoms with Crippen LogP contribution in [0.2, 0.25) is 0 Å². The zero-order chi connectivity index (χ0) is 12.1. The molecule has 0 spiro atoms. The highest BCUT2D eigenvalue weighted by atomic mass is 14.8. The molecule has 92 valence electrons. The molecule has 0 bridgehead atoms. The SMILES string of the molecule is CCCCC#C/C=C(\CC)CNCCCC. The quantitative estimate of drug-likeness (QED) is 0.484. The Morgan fingerprint density at radius 2 is 1.88 bits per heavy atom. The molecule has 0 amide bonds. The van der Waals surface area contributed by atoms with E-state index in [0.717, 1.165) is 25.9 Å². The van der Waals surface area contributed by atoms with E-state index in [0.29, 0.717) is 0 Å². The van der Waals surface area contributed by atoms with Gasteiger partial charge in [0.05, 0.1) is 0 Å². The van der Waals surface area contributed by atoms with Gasteiger partial charge in [0.15, 0.2) is 0 Å². The Balaban J connectivity index is 3.76. The van der Waals surface area contributed by atoms with Gasteiger partial charge < -0.3 is 5.32 Å². The molecule has 0 rings (SSSR count). The standard InChI is InChI=1S/C15H27N/c1-4-7-9-10-11-12-15(6-3)14-16-13-8-5-2/h12,16H,4-9,13-14H2,1-3H3/b15-12+. The van der Waals surface area contributed by atoms with Crippen molar-refractivity contribution < 1.29 is 0 Å². The molecule has 0 heterocycles. The predicted octanol–water partition coefficient (Wildman–Crippen LogP) is 3.91. The molecule has 0 saturated heterocycles. The molecule has 0 aromatic rings. The molecule has 0 unspecified atom stereocenters. The number of hydrogen-bond donors (Lipinski definition) is 1. The van der Waals surface area contributed by atoms with E-state index in [1.807, 2.05) is 0 Å². The summed E-state index contributed by atoms with van der Waals surface area (Å²) in [7, 11) is 0. The molecular formula is C15H27N. The molecule has 1 N–H and O–H groups in total. The molecule has 0 atom stereocenters. The molecule has 0 saturated carbocycles. The van der Waals surface area contributed by atoms with E-state index in [1.54, 1.807) is 0 Å². The Morgan fingerprint density at radius 1 is 1.12 bits per heavy atom. The van der Waals surface area contributed by atoms with Crippen LogP contribution in [0.3, 0.4) is 0 Å². The van der Waals surface area contributed by atoms with Crippen molar-refractivity contribution >= 4 is 0 Å². The van der Waals surface area contributed by atoms with Gasteiger partial charge >= 0.3 is 0 Å². The molecule has 0 radical (unpaired) electrons. The second-order valence-corrected chi connectivity index (χ2v) is 4.11. The van der Waals surface area contributed by atoms with Gasteiger partial charge in [0, 0.05) is 13.0 Å². The fourth-order valence-corrected chi connectivity index (χ4v) is 1.32. The smallest absolute Gasteiger partial charge is 0.0173 e. The monoisotopic (exact) mass is 221 g/mol. The number of hydrogen-bond acceptors (Lipinski definition) is 1. The van der Waals surface area contributed by atoms with Gasteiger partial charge in [-0.15, -0.1) is 0 Å². The minimum Gasteiger partial charge on any atom is -0.313 e. The van der Waals surface area contributed by atoms with Gasteiger partial charge in [-0.05, 0) is 37.5 Å². The fraction of sp³-hybridized carbons (Fsp3) is 0.733. The summed E-state index contributed by atoms with van der Waals surface area (Å²) in [5.41, 5.74) is 1.42. The third-order valence-electron chi connectivity index (χ3n) is 2.55. The van der Waals surface area contributed by atoms with E-state index in [-0.39, 0.29) is 0 Å². The third kappa shape index (κ3) is 9.80. The molecule has 0 aliphatic rings. The van der Waals surface area contributed by atoms with Crippen LogP contribution in [-0.2, 0) is 0 Å². The van der Waals surface area contributed by atoms with Crippen molar-refractivity contribution in [2.45, 2.75) is 59.3 Å². The lowest BCUT2D eigenvalue weighted by molar-refractivity contribution is 0.664. The van der Waals surface area contributed by atoms with Crippen molar-refractivity contribution in [1.29, 1.82) is 0 Å². The van der Waals surface area contributed by atoms with E-state index in [9.17, 15) is 0 Å². The lowest BCUT2D eigenvalue weighted by Gasteiger charge is -2.04. The number of allylic oxidation sites excluding steroid dienone is 1. The Kier molecular flexibility index (Phi) is 11.8. The van der Waals surface area contributed by atoms with Gasteiger partial charge in [0.1, 0.15) is 0 Å². The van der Waals surface area contributed by atoms with Crippen LogP contribution < -0.4 is 5.32 Å². The summed E-state index contributed by atoms with van der Waals surface area (Å²) in [6, 6.07) is 0. The van der Waals surface area contributed by atoms with Crippen LogP contribution in [0, 0.1) is 11.8 Å². The average molecular weight is 221 g/mol. The maximum absolute atomic E-state index is 3.45. The highest BCUT2D eigenvalue weighted by Crippen LogP contribution is 1.98. The Hall–Kier alpha value is -0.740. The Labute approximate surface area is 102 Å². The number of nitrogens with one attached hydrogen (secondary N) is 1. The Bertz CT molecular complexity index is 230. The van der Waals surface area contributed by atoms with Crippen molar-refractivity contribution in [1.82, 2.24) is 5.32 Å². The highest BCUT2D eigenvalue weighted by molar-refractivity contribution is 5.21. The summed E-state index contributed by atoms with van der Waals surface area (Å²) in [5.74, 6) is 6.36. The van der Waals surface area contributed by atoms with Crippen molar-refractivity contribution in [2.75, 3.05) is 13.1 Å². The first-order valence-corrected chi connectivity index (χ1v) is 6.72. The summed E-state index contributed by atoms with van der Waals surface area (Å²) in [5, 5.41) is 3.45. The highest BCUT2D eigenvalue weighted by Gasteiger charge is 1.92. The zero-order valence-corrected chi connectivity index (χ0v) is 11.2. The third-order valence-corrected chi connectivity index (χ3v) is 2.55. The summed E-state index contributed by atoms with van der Waals surface area (Å²) in [4.78, 5) is 0. The Morgan fingerprint density at radius 3 is 2.50 bits per heavy atom. The summed E-state index contributed by atoms with van der Waals surface area (Å²) in [6.07, 6.45) is 9.20. The normalized spacial score (nSPS) is 11.1. The van der Waals surface area contributed by atoms with Gasteiger partial charge in [-0.3, -0.25) is 0 Å². The zero-order valence-electron chi connectivity index (χ0n) is 11.2. The van der Waals surface area contributed by atoms with Gasteiger partial charge in [0.25, 0.3) is 0 Å². The van der Waals surface area contributed by atoms with Crippen LogP contribution in [0.15, 0.2) is 11.6 Å². The van der Waals surface area contributed by atoms with E-state index < -0.39 is 0 Å². The predicted molar refractivity (Wildman–Crippen MR) is 73.5 cm³/mol. The van der Waals surface area contributed by atoms with Crippen LogP contribution in [0.4, 0.5) is 0 Å². The molecule has 1 heteroatoms. The summed E-state index contributed by atoms with van der Waals surface area (Å²) < 4.78 is 0.